The average molecular weight is 261 g/mol. The highest BCUT2D eigenvalue weighted by molar-refractivity contribution is 5.95. The second-order valence-electron chi connectivity index (χ2n) is 5.96. The lowest BCUT2D eigenvalue weighted by atomic mass is 9.98. The predicted octanol–water partition coefficient (Wildman–Crippen LogP) is 2.68. The molecule has 1 fully saturated rings. The molecule has 1 amide bonds. The predicted molar refractivity (Wildman–Crippen MR) is 76.3 cm³/mol. The first kappa shape index (κ1) is 14.1. The maximum atomic E-state index is 12.6. The van der Waals surface area contributed by atoms with Gasteiger partial charge in [0.25, 0.3) is 5.91 Å². The van der Waals surface area contributed by atoms with Crippen molar-refractivity contribution >= 4 is 5.91 Å². The van der Waals surface area contributed by atoms with E-state index in [2.05, 4.69) is 0 Å². The summed E-state index contributed by atoms with van der Waals surface area (Å²) in [5.74, 6) is 0.0962. The minimum atomic E-state index is -0.628. The van der Waals surface area contributed by atoms with E-state index in [0.29, 0.717) is 13.0 Å². The zero-order chi connectivity index (χ0) is 14.0. The van der Waals surface area contributed by atoms with Crippen LogP contribution in [0.4, 0.5) is 0 Å². The lowest BCUT2D eigenvalue weighted by Gasteiger charge is -2.23. The van der Waals surface area contributed by atoms with Crippen molar-refractivity contribution < 1.29 is 9.90 Å². The van der Waals surface area contributed by atoms with Crippen LogP contribution in [-0.2, 0) is 0 Å². The van der Waals surface area contributed by atoms with Crippen LogP contribution in [0, 0.1) is 13.8 Å². The molecule has 1 N–H and O–H groups in total. The van der Waals surface area contributed by atoms with Crippen molar-refractivity contribution in [2.45, 2.75) is 45.6 Å². The largest absolute Gasteiger partial charge is 0.390 e. The van der Waals surface area contributed by atoms with E-state index >= 15 is 0 Å². The molecule has 3 nitrogen and oxygen atoms in total. The van der Waals surface area contributed by atoms with Gasteiger partial charge in [-0.25, -0.2) is 0 Å². The van der Waals surface area contributed by atoms with Crippen LogP contribution in [0.5, 0.6) is 0 Å². The van der Waals surface area contributed by atoms with Crippen LogP contribution < -0.4 is 0 Å². The van der Waals surface area contributed by atoms with Gasteiger partial charge in [0.1, 0.15) is 0 Å². The Morgan fingerprint density at radius 3 is 2.74 bits per heavy atom. The Labute approximate surface area is 115 Å². The van der Waals surface area contributed by atoms with E-state index in [9.17, 15) is 9.90 Å². The fourth-order valence-electron chi connectivity index (χ4n) is 2.60. The topological polar surface area (TPSA) is 40.5 Å². The molecule has 0 bridgehead atoms. The number of hydrogen-bond acceptors (Lipinski definition) is 2. The fraction of sp³-hybridized carbons (Fsp3) is 0.562. The molecule has 3 heteroatoms. The van der Waals surface area contributed by atoms with Crippen molar-refractivity contribution in [3.05, 3.63) is 34.9 Å². The smallest absolute Gasteiger partial charge is 0.254 e. The summed E-state index contributed by atoms with van der Waals surface area (Å²) in [6, 6.07) is 5.98. The third kappa shape index (κ3) is 3.35. The molecule has 19 heavy (non-hydrogen) atoms. The summed E-state index contributed by atoms with van der Waals surface area (Å²) < 4.78 is 0. The molecule has 1 aliphatic rings. The van der Waals surface area contributed by atoms with Gasteiger partial charge >= 0.3 is 0 Å². The molecule has 0 saturated carbocycles. The molecule has 1 aromatic rings. The van der Waals surface area contributed by atoms with Crippen LogP contribution in [0.25, 0.3) is 0 Å². The first-order valence-electron chi connectivity index (χ1n) is 6.98. The average Bonchev–Trinajstić information content (AvgIpc) is 2.52. The molecular weight excluding hydrogens is 238 g/mol. The molecule has 0 spiro atoms. The molecule has 1 atom stereocenters. The van der Waals surface area contributed by atoms with Crippen LogP contribution in [0.1, 0.15) is 47.7 Å². The minimum absolute atomic E-state index is 0.0962. The Hall–Kier alpha value is -1.35. The zero-order valence-electron chi connectivity index (χ0n) is 12.1. The fourth-order valence-corrected chi connectivity index (χ4v) is 2.60. The lowest BCUT2D eigenvalue weighted by molar-refractivity contribution is 0.0438. The third-order valence-electron chi connectivity index (χ3n) is 3.97. The van der Waals surface area contributed by atoms with Gasteiger partial charge in [0.2, 0.25) is 0 Å². The first-order valence-corrected chi connectivity index (χ1v) is 6.98. The van der Waals surface area contributed by atoms with Crippen LogP contribution in [0.2, 0.25) is 0 Å². The van der Waals surface area contributed by atoms with Crippen LogP contribution in [0.3, 0.4) is 0 Å². The summed E-state index contributed by atoms with van der Waals surface area (Å²) in [4.78, 5) is 14.5. The van der Waals surface area contributed by atoms with Gasteiger partial charge in [-0.1, -0.05) is 17.7 Å². The van der Waals surface area contributed by atoms with E-state index in [1.807, 2.05) is 43.9 Å². The Balaban J connectivity index is 2.17. The van der Waals surface area contributed by atoms with Crippen molar-refractivity contribution in [3.63, 3.8) is 0 Å². The van der Waals surface area contributed by atoms with Crippen molar-refractivity contribution in [1.29, 1.82) is 0 Å². The molecule has 104 valence electrons. The maximum absolute atomic E-state index is 12.6. The van der Waals surface area contributed by atoms with Crippen LogP contribution >= 0.6 is 0 Å². The van der Waals surface area contributed by atoms with Crippen LogP contribution in [-0.4, -0.2) is 34.6 Å². The number of nitrogens with zero attached hydrogens (tertiary/aromatic N) is 1. The number of benzene rings is 1. The lowest BCUT2D eigenvalue weighted by Crippen LogP contribution is -2.34. The van der Waals surface area contributed by atoms with E-state index in [-0.39, 0.29) is 5.91 Å². The number of carbonyl (C=O) groups is 1. The van der Waals surface area contributed by atoms with E-state index in [0.717, 1.165) is 36.1 Å². The van der Waals surface area contributed by atoms with E-state index in [4.69, 9.17) is 0 Å². The molecule has 1 aromatic carbocycles. The number of aliphatic hydroxyl groups is 1. The first-order chi connectivity index (χ1) is 8.89. The summed E-state index contributed by atoms with van der Waals surface area (Å²) in [6.07, 6.45) is 2.29. The third-order valence-corrected chi connectivity index (χ3v) is 3.97. The number of carbonyl (C=O) groups excluding carboxylic acids is 1. The normalized spacial score (nSPS) is 24.1. The van der Waals surface area contributed by atoms with E-state index in [1.54, 1.807) is 0 Å². The summed E-state index contributed by atoms with van der Waals surface area (Å²) in [6.45, 7) is 7.21. The SMILES string of the molecule is Cc1ccc(C)c(C(=O)N2CCCC(C)(O)CC2)c1. The Bertz CT molecular complexity index is 480. The van der Waals surface area contributed by atoms with Crippen molar-refractivity contribution in [3.8, 4) is 0 Å². The van der Waals surface area contributed by atoms with Crippen LogP contribution in [0.15, 0.2) is 18.2 Å². The Morgan fingerprint density at radius 2 is 2.00 bits per heavy atom. The second-order valence-corrected chi connectivity index (χ2v) is 5.96. The zero-order valence-corrected chi connectivity index (χ0v) is 12.1. The van der Waals surface area contributed by atoms with Gasteiger partial charge in [0.15, 0.2) is 0 Å². The number of hydrogen-bond donors (Lipinski definition) is 1. The van der Waals surface area contributed by atoms with Gasteiger partial charge in [-0.3, -0.25) is 4.79 Å². The Kier molecular flexibility index (Phi) is 3.95. The van der Waals surface area contributed by atoms with Gasteiger partial charge in [0, 0.05) is 18.7 Å². The van der Waals surface area contributed by atoms with Crippen molar-refractivity contribution in [2.24, 2.45) is 0 Å². The number of aryl methyl sites for hydroxylation is 2. The van der Waals surface area contributed by atoms with Crippen molar-refractivity contribution in [1.82, 2.24) is 4.90 Å². The number of likely N-dealkylation sites (tertiary alicyclic amines) is 1. The molecule has 2 rings (SSSR count). The molecule has 0 aliphatic carbocycles. The molecule has 0 aromatic heterocycles. The molecule has 1 heterocycles. The second kappa shape index (κ2) is 5.33. The number of rotatable bonds is 1. The highest BCUT2D eigenvalue weighted by Crippen LogP contribution is 2.23. The standard InChI is InChI=1S/C16H23NO2/c1-12-5-6-13(2)14(11-12)15(18)17-9-4-7-16(3,19)8-10-17/h5-6,11,19H,4,7-10H2,1-3H3. The monoisotopic (exact) mass is 261 g/mol. The molecule has 1 unspecified atom stereocenters. The van der Waals surface area contributed by atoms with Gasteiger partial charge < -0.3 is 10.0 Å². The quantitative estimate of drug-likeness (QED) is 0.844. The highest BCUT2D eigenvalue weighted by atomic mass is 16.3. The summed E-state index contributed by atoms with van der Waals surface area (Å²) in [5.41, 5.74) is 2.29. The molecule has 0 radical (unpaired) electrons. The summed E-state index contributed by atoms with van der Waals surface area (Å²) in [7, 11) is 0. The van der Waals surface area contributed by atoms with Gasteiger partial charge in [-0.05, 0) is 51.7 Å². The van der Waals surface area contributed by atoms with Gasteiger partial charge in [0.05, 0.1) is 5.60 Å². The van der Waals surface area contributed by atoms with E-state index < -0.39 is 5.60 Å². The molecular formula is C16H23NO2. The van der Waals surface area contributed by atoms with Crippen molar-refractivity contribution in [2.75, 3.05) is 13.1 Å². The Morgan fingerprint density at radius 1 is 1.26 bits per heavy atom. The van der Waals surface area contributed by atoms with Gasteiger partial charge in [-0.15, -0.1) is 0 Å². The summed E-state index contributed by atoms with van der Waals surface area (Å²) in [5, 5.41) is 10.1. The molecule has 1 aliphatic heterocycles. The minimum Gasteiger partial charge on any atom is -0.390 e. The molecule has 1 saturated heterocycles. The maximum Gasteiger partial charge on any atom is 0.254 e. The number of amides is 1. The van der Waals surface area contributed by atoms with E-state index in [1.165, 1.54) is 0 Å². The van der Waals surface area contributed by atoms with Gasteiger partial charge in [-0.2, -0.15) is 0 Å². The highest BCUT2D eigenvalue weighted by Gasteiger charge is 2.27. The summed E-state index contributed by atoms with van der Waals surface area (Å²) >= 11 is 0.